The summed E-state index contributed by atoms with van der Waals surface area (Å²) in [4.78, 5) is 19.2. The second kappa shape index (κ2) is 9.56. The quantitative estimate of drug-likeness (QED) is 0.598. The van der Waals surface area contributed by atoms with Crippen LogP contribution in [0.2, 0.25) is 0 Å². The van der Waals surface area contributed by atoms with Crippen LogP contribution < -0.4 is 15.0 Å². The van der Waals surface area contributed by atoms with E-state index in [-0.39, 0.29) is 5.91 Å². The molecule has 1 aliphatic rings. The van der Waals surface area contributed by atoms with Gasteiger partial charge in [-0.2, -0.15) is 0 Å². The normalized spacial score (nSPS) is 14.3. The first-order chi connectivity index (χ1) is 14.3. The number of ether oxygens (including phenoxy) is 1. The van der Waals surface area contributed by atoms with E-state index in [0.29, 0.717) is 12.2 Å². The van der Waals surface area contributed by atoms with Gasteiger partial charge >= 0.3 is 0 Å². The van der Waals surface area contributed by atoms with Crippen molar-refractivity contribution in [2.24, 2.45) is 0 Å². The van der Waals surface area contributed by atoms with E-state index in [1.165, 1.54) is 31.4 Å². The molecule has 5 nitrogen and oxygen atoms in total. The van der Waals surface area contributed by atoms with Crippen molar-refractivity contribution >= 4 is 28.6 Å². The highest BCUT2D eigenvalue weighted by molar-refractivity contribution is 7.07. The molecular weight excluding hydrogens is 382 g/mol. The lowest BCUT2D eigenvalue weighted by Crippen LogP contribution is -2.23. The Hall–Kier alpha value is -2.86. The van der Waals surface area contributed by atoms with Crippen LogP contribution in [0.3, 0.4) is 0 Å². The Morgan fingerprint density at radius 1 is 1.00 bits per heavy atom. The number of carbonyl (C=O) groups excluding carboxylic acids is 1. The first-order valence-electron chi connectivity index (χ1n) is 10.0. The van der Waals surface area contributed by atoms with Crippen LogP contribution in [-0.4, -0.2) is 24.0 Å². The molecule has 29 heavy (non-hydrogen) atoms. The summed E-state index contributed by atoms with van der Waals surface area (Å²) >= 11 is 1.54. The van der Waals surface area contributed by atoms with Gasteiger partial charge in [0, 0.05) is 35.4 Å². The summed E-state index contributed by atoms with van der Waals surface area (Å²) in [5.41, 5.74) is 5.32. The average Bonchev–Trinajstić information content (AvgIpc) is 3.14. The molecule has 4 rings (SSSR count). The van der Waals surface area contributed by atoms with Crippen LogP contribution in [-0.2, 0) is 6.61 Å². The Morgan fingerprint density at radius 3 is 2.38 bits per heavy atom. The minimum absolute atomic E-state index is 0.126. The lowest BCUT2D eigenvalue weighted by molar-refractivity contribution is 0.102. The predicted molar refractivity (Wildman–Crippen MR) is 118 cm³/mol. The summed E-state index contributed by atoms with van der Waals surface area (Å²) in [6.07, 6.45) is 5.14. The van der Waals surface area contributed by atoms with Crippen molar-refractivity contribution in [1.29, 1.82) is 0 Å². The largest absolute Gasteiger partial charge is 0.487 e. The van der Waals surface area contributed by atoms with Gasteiger partial charge in [0.05, 0.1) is 11.2 Å². The van der Waals surface area contributed by atoms with Gasteiger partial charge in [-0.05, 0) is 61.4 Å². The molecule has 0 saturated carbocycles. The van der Waals surface area contributed by atoms with E-state index in [2.05, 4.69) is 27.3 Å². The van der Waals surface area contributed by atoms with Gasteiger partial charge in [0.15, 0.2) is 0 Å². The fourth-order valence-corrected chi connectivity index (χ4v) is 4.00. The molecule has 2 heterocycles. The third-order valence-electron chi connectivity index (χ3n) is 5.08. The van der Waals surface area contributed by atoms with E-state index in [9.17, 15) is 4.79 Å². The summed E-state index contributed by atoms with van der Waals surface area (Å²) in [5.74, 6) is 0.593. The number of aromatic nitrogens is 1. The molecule has 1 saturated heterocycles. The summed E-state index contributed by atoms with van der Waals surface area (Å²) < 4.78 is 5.69. The Bertz CT molecular complexity index is 900. The number of benzene rings is 2. The third kappa shape index (κ3) is 5.35. The van der Waals surface area contributed by atoms with Gasteiger partial charge in [-0.1, -0.05) is 12.8 Å². The van der Waals surface area contributed by atoms with Crippen molar-refractivity contribution in [2.45, 2.75) is 32.3 Å². The number of nitrogens with zero attached hydrogens (tertiary/aromatic N) is 2. The molecule has 0 unspecified atom stereocenters. The SMILES string of the molecule is O=C(Nc1ccc(N2CCCCCC2)cc1)c1ccc(OCc2cscn2)cc1. The lowest BCUT2D eigenvalue weighted by atomic mass is 10.2. The Balaban J connectivity index is 1.32. The predicted octanol–water partition coefficient (Wildman–Crippen LogP) is 5.35. The Labute approximate surface area is 175 Å². The zero-order valence-corrected chi connectivity index (χ0v) is 17.2. The highest BCUT2D eigenvalue weighted by Gasteiger charge is 2.11. The highest BCUT2D eigenvalue weighted by Crippen LogP contribution is 2.22. The number of amides is 1. The van der Waals surface area contributed by atoms with Crippen molar-refractivity contribution < 1.29 is 9.53 Å². The molecule has 0 radical (unpaired) electrons. The summed E-state index contributed by atoms with van der Waals surface area (Å²) in [6, 6.07) is 15.3. The second-order valence-electron chi connectivity index (χ2n) is 7.20. The number of nitrogens with one attached hydrogen (secondary N) is 1. The zero-order valence-electron chi connectivity index (χ0n) is 16.3. The lowest BCUT2D eigenvalue weighted by Gasteiger charge is -2.22. The van der Waals surface area contributed by atoms with Crippen LogP contribution in [0.5, 0.6) is 5.75 Å². The van der Waals surface area contributed by atoms with E-state index in [1.54, 1.807) is 29.0 Å². The van der Waals surface area contributed by atoms with Crippen molar-refractivity contribution in [3.63, 3.8) is 0 Å². The van der Waals surface area contributed by atoms with E-state index < -0.39 is 0 Å². The van der Waals surface area contributed by atoms with Gasteiger partial charge in [0.1, 0.15) is 12.4 Å². The maximum absolute atomic E-state index is 12.5. The van der Waals surface area contributed by atoms with Gasteiger partial charge in [0.25, 0.3) is 5.91 Å². The van der Waals surface area contributed by atoms with Crippen molar-refractivity contribution in [3.05, 3.63) is 70.7 Å². The van der Waals surface area contributed by atoms with Crippen LogP contribution in [0.1, 0.15) is 41.7 Å². The van der Waals surface area contributed by atoms with E-state index in [4.69, 9.17) is 4.74 Å². The van der Waals surface area contributed by atoms with Crippen LogP contribution in [0.25, 0.3) is 0 Å². The summed E-state index contributed by atoms with van der Waals surface area (Å²) in [6.45, 7) is 2.66. The molecule has 1 amide bonds. The fourth-order valence-electron chi connectivity index (χ4n) is 3.46. The van der Waals surface area contributed by atoms with Crippen LogP contribution in [0.4, 0.5) is 11.4 Å². The van der Waals surface area contributed by atoms with Crippen LogP contribution in [0.15, 0.2) is 59.4 Å². The molecule has 6 heteroatoms. The van der Waals surface area contributed by atoms with E-state index in [0.717, 1.165) is 30.2 Å². The molecule has 0 bridgehead atoms. The maximum atomic E-state index is 12.5. The molecule has 1 N–H and O–H groups in total. The number of rotatable bonds is 6. The van der Waals surface area contributed by atoms with E-state index >= 15 is 0 Å². The van der Waals surface area contributed by atoms with Gasteiger partial charge < -0.3 is 15.0 Å². The molecule has 1 aliphatic heterocycles. The van der Waals surface area contributed by atoms with Gasteiger partial charge in [-0.25, -0.2) is 4.98 Å². The molecule has 0 aliphatic carbocycles. The van der Waals surface area contributed by atoms with Crippen LogP contribution >= 0.6 is 11.3 Å². The highest BCUT2D eigenvalue weighted by atomic mass is 32.1. The monoisotopic (exact) mass is 407 g/mol. The number of anilines is 2. The Kier molecular flexibility index (Phi) is 6.42. The van der Waals surface area contributed by atoms with Crippen molar-refractivity contribution in [2.75, 3.05) is 23.3 Å². The maximum Gasteiger partial charge on any atom is 0.255 e. The van der Waals surface area contributed by atoms with Crippen molar-refractivity contribution in [1.82, 2.24) is 4.98 Å². The molecule has 0 spiro atoms. The summed E-state index contributed by atoms with van der Waals surface area (Å²) in [5, 5.41) is 4.93. The molecule has 1 fully saturated rings. The topological polar surface area (TPSA) is 54.5 Å². The minimum Gasteiger partial charge on any atom is -0.487 e. The third-order valence-corrected chi connectivity index (χ3v) is 5.72. The van der Waals surface area contributed by atoms with Gasteiger partial charge in [-0.15, -0.1) is 11.3 Å². The molecule has 1 aromatic heterocycles. The number of carbonyl (C=O) groups is 1. The first kappa shape index (κ1) is 19.5. The first-order valence-corrected chi connectivity index (χ1v) is 11.0. The molecule has 0 atom stereocenters. The molecule has 150 valence electrons. The molecule has 3 aromatic rings. The molecule has 2 aromatic carbocycles. The smallest absolute Gasteiger partial charge is 0.255 e. The second-order valence-corrected chi connectivity index (χ2v) is 7.91. The number of thiazole rings is 1. The zero-order chi connectivity index (χ0) is 19.9. The summed E-state index contributed by atoms with van der Waals surface area (Å²) in [7, 11) is 0. The molecular formula is C23H25N3O2S. The van der Waals surface area contributed by atoms with Crippen molar-refractivity contribution in [3.8, 4) is 5.75 Å². The average molecular weight is 408 g/mol. The standard InChI is InChI=1S/C23H25N3O2S/c27-23(18-5-11-22(12-6-18)28-15-20-16-29-17-24-20)25-19-7-9-21(10-8-19)26-13-3-1-2-4-14-26/h5-12,16-17H,1-4,13-15H2,(H,25,27). The number of hydrogen-bond acceptors (Lipinski definition) is 5. The number of hydrogen-bond donors (Lipinski definition) is 1. The Morgan fingerprint density at radius 2 is 1.72 bits per heavy atom. The van der Waals surface area contributed by atoms with Gasteiger partial charge in [-0.3, -0.25) is 4.79 Å². The van der Waals surface area contributed by atoms with Crippen LogP contribution in [0, 0.1) is 0 Å². The fraction of sp³-hybridized carbons (Fsp3) is 0.304. The minimum atomic E-state index is -0.126. The van der Waals surface area contributed by atoms with E-state index in [1.807, 2.05) is 29.6 Å². The van der Waals surface area contributed by atoms with Gasteiger partial charge in [0.2, 0.25) is 0 Å².